The van der Waals surface area contributed by atoms with Crippen LogP contribution >= 0.6 is 11.6 Å². The fourth-order valence-electron chi connectivity index (χ4n) is 1.64. The quantitative estimate of drug-likeness (QED) is 0.823. The third kappa shape index (κ3) is 3.26. The molecule has 0 aliphatic rings. The summed E-state index contributed by atoms with van der Waals surface area (Å²) in [7, 11) is -1.50. The summed E-state index contributed by atoms with van der Waals surface area (Å²) in [6.45, 7) is 0.258. The summed E-state index contributed by atoms with van der Waals surface area (Å²) in [5.41, 5.74) is 1.17. The van der Waals surface area contributed by atoms with Crippen LogP contribution in [0.25, 0.3) is 0 Å². The molecule has 2 aromatic rings. The van der Waals surface area contributed by atoms with Gasteiger partial charge in [0, 0.05) is 5.02 Å². The lowest BCUT2D eigenvalue weighted by Crippen LogP contribution is -2.33. The van der Waals surface area contributed by atoms with Gasteiger partial charge in [-0.1, -0.05) is 41.9 Å². The van der Waals surface area contributed by atoms with Gasteiger partial charge in [-0.25, -0.2) is 0 Å². The predicted octanol–water partition coefficient (Wildman–Crippen LogP) is 1.60. The van der Waals surface area contributed by atoms with Crippen LogP contribution < -0.4 is 10.2 Å². The van der Waals surface area contributed by atoms with E-state index in [4.69, 9.17) is 16.3 Å². The first-order valence-corrected chi connectivity index (χ1v) is 5.87. The molecule has 0 saturated heterocycles. The molecule has 0 aliphatic heterocycles. The van der Waals surface area contributed by atoms with Gasteiger partial charge in [-0.2, -0.15) is 0 Å². The highest BCUT2D eigenvalue weighted by molar-refractivity contribution is 6.59. The molecule has 0 heterocycles. The minimum absolute atomic E-state index is 0.258. The first-order valence-electron chi connectivity index (χ1n) is 5.49. The highest BCUT2D eigenvalue weighted by Crippen LogP contribution is 2.18. The van der Waals surface area contributed by atoms with Crippen molar-refractivity contribution in [1.82, 2.24) is 0 Å². The van der Waals surface area contributed by atoms with Gasteiger partial charge in [-0.15, -0.1) is 0 Å². The third-order valence-electron chi connectivity index (χ3n) is 2.52. The van der Waals surface area contributed by atoms with Gasteiger partial charge in [0.25, 0.3) is 0 Å². The zero-order valence-corrected chi connectivity index (χ0v) is 10.3. The Labute approximate surface area is 111 Å². The SMILES string of the molecule is OB(O)c1ccccc1COc1cccc(Cl)c1. The molecule has 0 atom stereocenters. The fourth-order valence-corrected chi connectivity index (χ4v) is 1.82. The molecular weight excluding hydrogens is 250 g/mol. The normalized spacial score (nSPS) is 10.2. The van der Waals surface area contributed by atoms with Gasteiger partial charge in [0.1, 0.15) is 12.4 Å². The summed E-state index contributed by atoms with van der Waals surface area (Å²) in [5, 5.41) is 19.0. The van der Waals surface area contributed by atoms with E-state index in [1.165, 1.54) is 0 Å². The van der Waals surface area contributed by atoms with Crippen LogP contribution in [0.1, 0.15) is 5.56 Å². The first kappa shape index (κ1) is 13.0. The Morgan fingerprint density at radius 2 is 1.83 bits per heavy atom. The largest absolute Gasteiger partial charge is 0.489 e. The molecule has 0 unspecified atom stereocenters. The Kier molecular flexibility index (Phi) is 4.26. The van der Waals surface area contributed by atoms with Crippen LogP contribution in [-0.2, 0) is 6.61 Å². The number of hydrogen-bond acceptors (Lipinski definition) is 3. The Morgan fingerprint density at radius 1 is 1.06 bits per heavy atom. The monoisotopic (exact) mass is 262 g/mol. The van der Waals surface area contributed by atoms with Crippen molar-refractivity contribution in [3.8, 4) is 5.75 Å². The van der Waals surface area contributed by atoms with E-state index >= 15 is 0 Å². The molecule has 2 aromatic carbocycles. The molecule has 0 amide bonds. The number of hydrogen-bond donors (Lipinski definition) is 2. The van der Waals surface area contributed by atoms with Gasteiger partial charge in [-0.05, 0) is 29.2 Å². The Bertz CT molecular complexity index is 531. The maximum atomic E-state index is 9.22. The van der Waals surface area contributed by atoms with E-state index in [9.17, 15) is 10.0 Å². The standard InChI is InChI=1S/C13H12BClO3/c15-11-5-3-6-12(8-11)18-9-10-4-1-2-7-13(10)14(16)17/h1-8,16-17H,9H2. The second kappa shape index (κ2) is 5.91. The zero-order chi connectivity index (χ0) is 13.0. The van der Waals surface area contributed by atoms with E-state index in [0.29, 0.717) is 16.2 Å². The van der Waals surface area contributed by atoms with E-state index in [2.05, 4.69) is 0 Å². The van der Waals surface area contributed by atoms with Crippen LogP contribution in [-0.4, -0.2) is 17.2 Å². The highest BCUT2D eigenvalue weighted by atomic mass is 35.5. The van der Waals surface area contributed by atoms with E-state index in [0.717, 1.165) is 5.56 Å². The smallest absolute Gasteiger partial charge is 0.488 e. The van der Waals surface area contributed by atoms with Crippen LogP contribution in [0, 0.1) is 0 Å². The number of ether oxygens (including phenoxy) is 1. The molecular formula is C13H12BClO3. The molecule has 5 heteroatoms. The summed E-state index contributed by atoms with van der Waals surface area (Å²) < 4.78 is 5.56. The molecule has 0 aliphatic carbocycles. The molecule has 0 aromatic heterocycles. The van der Waals surface area contributed by atoms with Crippen molar-refractivity contribution < 1.29 is 14.8 Å². The van der Waals surface area contributed by atoms with E-state index < -0.39 is 7.12 Å². The average molecular weight is 263 g/mol. The summed E-state index contributed by atoms with van der Waals surface area (Å²) in [6, 6.07) is 14.1. The van der Waals surface area contributed by atoms with Crippen molar-refractivity contribution in [2.24, 2.45) is 0 Å². The fraction of sp³-hybridized carbons (Fsp3) is 0.0769. The topological polar surface area (TPSA) is 49.7 Å². The van der Waals surface area contributed by atoms with Crippen molar-refractivity contribution in [3.63, 3.8) is 0 Å². The minimum atomic E-state index is -1.50. The maximum Gasteiger partial charge on any atom is 0.488 e. The van der Waals surface area contributed by atoms with Gasteiger partial charge in [-0.3, -0.25) is 0 Å². The number of rotatable bonds is 4. The Hall–Kier alpha value is -1.49. The van der Waals surface area contributed by atoms with Crippen molar-refractivity contribution in [1.29, 1.82) is 0 Å². The second-order valence-corrected chi connectivity index (χ2v) is 4.25. The molecule has 0 saturated carbocycles. The number of halogens is 1. The van der Waals surface area contributed by atoms with Crippen molar-refractivity contribution in [2.75, 3.05) is 0 Å². The molecule has 0 spiro atoms. The molecule has 92 valence electrons. The lowest BCUT2D eigenvalue weighted by atomic mass is 9.77. The van der Waals surface area contributed by atoms with E-state index in [-0.39, 0.29) is 6.61 Å². The molecule has 18 heavy (non-hydrogen) atoms. The average Bonchev–Trinajstić information content (AvgIpc) is 2.37. The summed E-state index contributed by atoms with van der Waals surface area (Å²) in [4.78, 5) is 0. The van der Waals surface area contributed by atoms with Gasteiger partial charge in [0.05, 0.1) is 0 Å². The molecule has 2 N–H and O–H groups in total. The van der Waals surface area contributed by atoms with Gasteiger partial charge < -0.3 is 14.8 Å². The van der Waals surface area contributed by atoms with Gasteiger partial charge >= 0.3 is 7.12 Å². The number of benzene rings is 2. The Morgan fingerprint density at radius 3 is 2.56 bits per heavy atom. The van der Waals surface area contributed by atoms with Crippen LogP contribution in [0.15, 0.2) is 48.5 Å². The van der Waals surface area contributed by atoms with Crippen LogP contribution in [0.4, 0.5) is 0 Å². The maximum absolute atomic E-state index is 9.22. The minimum Gasteiger partial charge on any atom is -0.489 e. The first-order chi connectivity index (χ1) is 8.66. The van der Waals surface area contributed by atoms with Gasteiger partial charge in [0.2, 0.25) is 0 Å². The highest BCUT2D eigenvalue weighted by Gasteiger charge is 2.15. The molecule has 0 radical (unpaired) electrons. The van der Waals surface area contributed by atoms with Crippen molar-refractivity contribution >= 4 is 24.2 Å². The zero-order valence-electron chi connectivity index (χ0n) is 9.58. The van der Waals surface area contributed by atoms with E-state index in [1.807, 2.05) is 6.07 Å². The summed E-state index contributed by atoms with van der Waals surface area (Å²) in [5.74, 6) is 0.643. The van der Waals surface area contributed by atoms with E-state index in [1.54, 1.807) is 42.5 Å². The molecule has 0 bridgehead atoms. The van der Waals surface area contributed by atoms with Crippen molar-refractivity contribution in [3.05, 3.63) is 59.1 Å². The summed E-state index contributed by atoms with van der Waals surface area (Å²) in [6.07, 6.45) is 0. The lowest BCUT2D eigenvalue weighted by Gasteiger charge is -2.10. The van der Waals surface area contributed by atoms with Gasteiger partial charge in [0.15, 0.2) is 0 Å². The molecule has 3 nitrogen and oxygen atoms in total. The molecule has 0 fully saturated rings. The Balaban J connectivity index is 2.11. The summed E-state index contributed by atoms with van der Waals surface area (Å²) >= 11 is 5.85. The molecule has 2 rings (SSSR count). The predicted molar refractivity (Wildman–Crippen MR) is 72.1 cm³/mol. The second-order valence-electron chi connectivity index (χ2n) is 3.82. The lowest BCUT2D eigenvalue weighted by molar-refractivity contribution is 0.306. The van der Waals surface area contributed by atoms with Crippen LogP contribution in [0.2, 0.25) is 5.02 Å². The van der Waals surface area contributed by atoms with Crippen LogP contribution in [0.3, 0.4) is 0 Å². The van der Waals surface area contributed by atoms with Crippen molar-refractivity contribution in [2.45, 2.75) is 6.61 Å². The van der Waals surface area contributed by atoms with Crippen LogP contribution in [0.5, 0.6) is 5.75 Å². The third-order valence-corrected chi connectivity index (χ3v) is 2.76.